The molecule has 1 aliphatic heterocycles. The number of carboxylic acid groups (broad SMARTS) is 1. The van der Waals surface area contributed by atoms with Gasteiger partial charge in [-0.15, -0.1) is 0 Å². The maximum Gasteiger partial charge on any atom is 0.303 e. The maximum atomic E-state index is 11.7. The number of carbonyl (C=O) groups excluding carboxylic acids is 2. The molecule has 108 valence electrons. The molecule has 0 spiro atoms. The zero-order valence-corrected chi connectivity index (χ0v) is 11.4. The Kier molecular flexibility index (Phi) is 6.32. The Labute approximate surface area is 113 Å². The Balaban J connectivity index is 2.26. The third kappa shape index (κ3) is 5.72. The van der Waals surface area contributed by atoms with Crippen LogP contribution in [0.2, 0.25) is 0 Å². The molecule has 1 heterocycles. The first-order chi connectivity index (χ1) is 9.02. The zero-order valence-electron chi connectivity index (χ0n) is 11.4. The highest BCUT2D eigenvalue weighted by Crippen LogP contribution is 2.12. The van der Waals surface area contributed by atoms with Gasteiger partial charge >= 0.3 is 5.97 Å². The monoisotopic (exact) mass is 270 g/mol. The van der Waals surface area contributed by atoms with E-state index in [2.05, 4.69) is 5.32 Å². The summed E-state index contributed by atoms with van der Waals surface area (Å²) in [5.41, 5.74) is 0. The summed E-state index contributed by atoms with van der Waals surface area (Å²) in [5.74, 6) is -0.992. The van der Waals surface area contributed by atoms with E-state index in [1.165, 1.54) is 0 Å². The molecule has 0 atom stereocenters. The largest absolute Gasteiger partial charge is 0.481 e. The molecule has 0 aromatic heterocycles. The van der Waals surface area contributed by atoms with Crippen molar-refractivity contribution in [3.8, 4) is 0 Å². The van der Waals surface area contributed by atoms with Crippen LogP contribution in [0.1, 0.15) is 45.4 Å². The molecule has 1 saturated heterocycles. The highest BCUT2D eigenvalue weighted by molar-refractivity contribution is 5.81. The summed E-state index contributed by atoms with van der Waals surface area (Å²) in [6.07, 6.45) is 2.80. The van der Waals surface area contributed by atoms with Crippen molar-refractivity contribution in [2.45, 2.75) is 51.5 Å². The fourth-order valence-electron chi connectivity index (χ4n) is 2.17. The summed E-state index contributed by atoms with van der Waals surface area (Å²) < 4.78 is 0. The maximum absolute atomic E-state index is 11.7. The van der Waals surface area contributed by atoms with Gasteiger partial charge < -0.3 is 15.3 Å². The topological polar surface area (TPSA) is 86.7 Å². The summed E-state index contributed by atoms with van der Waals surface area (Å²) in [4.78, 5) is 35.2. The van der Waals surface area contributed by atoms with Gasteiger partial charge in [0.1, 0.15) is 0 Å². The normalized spacial score (nSPS) is 16.2. The van der Waals surface area contributed by atoms with Crippen molar-refractivity contribution >= 4 is 17.8 Å². The number of carbonyl (C=O) groups is 3. The SMILES string of the molecule is CCCC(=O)NC1CCN(C(=O)CCC(=O)O)CC1. The Hall–Kier alpha value is -1.59. The lowest BCUT2D eigenvalue weighted by Crippen LogP contribution is -2.46. The molecule has 19 heavy (non-hydrogen) atoms. The van der Waals surface area contributed by atoms with E-state index in [-0.39, 0.29) is 30.7 Å². The second-order valence-corrected chi connectivity index (χ2v) is 4.87. The van der Waals surface area contributed by atoms with Crippen molar-refractivity contribution in [1.29, 1.82) is 0 Å². The minimum atomic E-state index is -0.949. The fourth-order valence-corrected chi connectivity index (χ4v) is 2.17. The minimum absolute atomic E-state index is 0.0577. The standard InChI is InChI=1S/C13H22N2O4/c1-2-3-11(16)14-10-6-8-15(9-7-10)12(17)4-5-13(18)19/h10H,2-9H2,1H3,(H,14,16)(H,18,19). The van der Waals surface area contributed by atoms with E-state index in [1.54, 1.807) is 4.90 Å². The van der Waals surface area contributed by atoms with Crippen LogP contribution in [-0.4, -0.2) is 46.9 Å². The van der Waals surface area contributed by atoms with Crippen LogP contribution < -0.4 is 5.32 Å². The van der Waals surface area contributed by atoms with Crippen LogP contribution in [0.4, 0.5) is 0 Å². The van der Waals surface area contributed by atoms with Crippen LogP contribution in [0.5, 0.6) is 0 Å². The molecule has 0 unspecified atom stereocenters. The quantitative estimate of drug-likeness (QED) is 0.746. The lowest BCUT2D eigenvalue weighted by Gasteiger charge is -2.32. The van der Waals surface area contributed by atoms with Gasteiger partial charge in [-0.25, -0.2) is 0 Å². The van der Waals surface area contributed by atoms with Gasteiger partial charge in [0.25, 0.3) is 0 Å². The predicted molar refractivity (Wildman–Crippen MR) is 69.5 cm³/mol. The van der Waals surface area contributed by atoms with Crippen molar-refractivity contribution < 1.29 is 19.5 Å². The van der Waals surface area contributed by atoms with Crippen LogP contribution >= 0.6 is 0 Å². The number of nitrogens with zero attached hydrogens (tertiary/aromatic N) is 1. The molecule has 6 nitrogen and oxygen atoms in total. The molecule has 0 aromatic rings. The first kappa shape index (κ1) is 15.5. The smallest absolute Gasteiger partial charge is 0.303 e. The van der Waals surface area contributed by atoms with E-state index >= 15 is 0 Å². The Bertz CT molecular complexity index is 336. The number of hydrogen-bond donors (Lipinski definition) is 2. The second-order valence-electron chi connectivity index (χ2n) is 4.87. The second kappa shape index (κ2) is 7.76. The number of carboxylic acids is 1. The van der Waals surface area contributed by atoms with Crippen LogP contribution in [0.15, 0.2) is 0 Å². The molecule has 1 aliphatic rings. The van der Waals surface area contributed by atoms with Gasteiger partial charge in [0.05, 0.1) is 6.42 Å². The molecule has 1 fully saturated rings. The van der Waals surface area contributed by atoms with Gasteiger partial charge in [-0.3, -0.25) is 14.4 Å². The van der Waals surface area contributed by atoms with E-state index in [9.17, 15) is 14.4 Å². The third-order valence-electron chi connectivity index (χ3n) is 3.24. The summed E-state index contributed by atoms with van der Waals surface area (Å²) >= 11 is 0. The lowest BCUT2D eigenvalue weighted by molar-refractivity contribution is -0.141. The zero-order chi connectivity index (χ0) is 14.3. The van der Waals surface area contributed by atoms with Crippen molar-refractivity contribution in [3.63, 3.8) is 0 Å². The number of nitrogens with one attached hydrogen (secondary N) is 1. The molecule has 0 radical (unpaired) electrons. The molecule has 0 aromatic carbocycles. The Morgan fingerprint density at radius 2 is 1.79 bits per heavy atom. The number of rotatable bonds is 6. The highest BCUT2D eigenvalue weighted by atomic mass is 16.4. The van der Waals surface area contributed by atoms with Crippen molar-refractivity contribution in [1.82, 2.24) is 10.2 Å². The molecule has 1 rings (SSSR count). The number of hydrogen-bond acceptors (Lipinski definition) is 3. The van der Waals surface area contributed by atoms with Gasteiger partial charge in [0, 0.05) is 32.0 Å². The molecule has 2 amide bonds. The number of aliphatic carboxylic acids is 1. The minimum Gasteiger partial charge on any atom is -0.481 e. The van der Waals surface area contributed by atoms with Gasteiger partial charge in [0.15, 0.2) is 0 Å². The Morgan fingerprint density at radius 3 is 2.32 bits per heavy atom. The summed E-state index contributed by atoms with van der Waals surface area (Å²) in [7, 11) is 0. The number of amides is 2. The highest BCUT2D eigenvalue weighted by Gasteiger charge is 2.23. The first-order valence-corrected chi connectivity index (χ1v) is 6.81. The van der Waals surface area contributed by atoms with E-state index in [1.807, 2.05) is 6.92 Å². The molecule has 0 saturated carbocycles. The van der Waals surface area contributed by atoms with E-state index in [0.29, 0.717) is 19.5 Å². The van der Waals surface area contributed by atoms with Gasteiger partial charge in [0.2, 0.25) is 11.8 Å². The molecular formula is C13H22N2O4. The van der Waals surface area contributed by atoms with Gasteiger partial charge in [-0.1, -0.05) is 6.92 Å². The summed E-state index contributed by atoms with van der Waals surface area (Å²) in [6.45, 7) is 3.15. The molecule has 2 N–H and O–H groups in total. The van der Waals surface area contributed by atoms with Crippen molar-refractivity contribution in [2.75, 3.05) is 13.1 Å². The fraction of sp³-hybridized carbons (Fsp3) is 0.769. The first-order valence-electron chi connectivity index (χ1n) is 6.81. The average molecular weight is 270 g/mol. The average Bonchev–Trinajstić information content (AvgIpc) is 2.37. The van der Waals surface area contributed by atoms with E-state index in [4.69, 9.17) is 5.11 Å². The number of likely N-dealkylation sites (tertiary alicyclic amines) is 1. The molecule has 6 heteroatoms. The van der Waals surface area contributed by atoms with Gasteiger partial charge in [-0.05, 0) is 19.3 Å². The summed E-state index contributed by atoms with van der Waals surface area (Å²) in [6, 6.07) is 0.141. The van der Waals surface area contributed by atoms with Crippen LogP contribution in [0, 0.1) is 0 Å². The van der Waals surface area contributed by atoms with Crippen LogP contribution in [0.25, 0.3) is 0 Å². The Morgan fingerprint density at radius 1 is 1.16 bits per heavy atom. The third-order valence-corrected chi connectivity index (χ3v) is 3.24. The van der Waals surface area contributed by atoms with Gasteiger partial charge in [-0.2, -0.15) is 0 Å². The van der Waals surface area contributed by atoms with E-state index < -0.39 is 5.97 Å². The molecule has 0 bridgehead atoms. The van der Waals surface area contributed by atoms with Crippen molar-refractivity contribution in [3.05, 3.63) is 0 Å². The summed E-state index contributed by atoms with van der Waals surface area (Å²) in [5, 5.41) is 11.5. The van der Waals surface area contributed by atoms with Crippen LogP contribution in [-0.2, 0) is 14.4 Å². The number of piperidine rings is 1. The molecule has 0 aliphatic carbocycles. The van der Waals surface area contributed by atoms with E-state index in [0.717, 1.165) is 19.3 Å². The predicted octanol–water partition coefficient (Wildman–Crippen LogP) is 0.758. The van der Waals surface area contributed by atoms with Crippen molar-refractivity contribution in [2.24, 2.45) is 0 Å². The molecular weight excluding hydrogens is 248 g/mol. The van der Waals surface area contributed by atoms with Crippen LogP contribution in [0.3, 0.4) is 0 Å². The lowest BCUT2D eigenvalue weighted by atomic mass is 10.0.